The molecule has 3 aliphatic rings. The number of pyridine rings is 2. The van der Waals surface area contributed by atoms with Crippen LogP contribution in [0.15, 0.2) is 108 Å². The lowest BCUT2D eigenvalue weighted by Gasteiger charge is -2.42. The zero-order chi connectivity index (χ0) is 50.0. The van der Waals surface area contributed by atoms with Crippen molar-refractivity contribution in [2.45, 2.75) is 80.2 Å². The maximum absolute atomic E-state index is 15.0. The van der Waals surface area contributed by atoms with Crippen LogP contribution in [0.1, 0.15) is 37.7 Å². The molecule has 5 heterocycles. The molecule has 0 spiro atoms. The Kier molecular flexibility index (Phi) is 15.5. The molecule has 15 nitrogen and oxygen atoms in total. The monoisotopic (exact) mass is 1040 g/mol. The van der Waals surface area contributed by atoms with E-state index in [0.717, 1.165) is 83.4 Å². The van der Waals surface area contributed by atoms with Gasteiger partial charge in [0.05, 0.1) is 66.7 Å². The highest BCUT2D eigenvalue weighted by Gasteiger charge is 2.34. The molecular formula is C52H62N6O9S4. The normalized spacial score (nSPS) is 17.2. The number of hydrogen-bond acceptors (Lipinski definition) is 17. The van der Waals surface area contributed by atoms with Gasteiger partial charge in [-0.1, -0.05) is 0 Å². The number of benzene rings is 4. The summed E-state index contributed by atoms with van der Waals surface area (Å²) in [6, 6.07) is 19.9. The highest BCUT2D eigenvalue weighted by Crippen LogP contribution is 2.43. The quantitative estimate of drug-likeness (QED) is 0.0982. The van der Waals surface area contributed by atoms with Crippen molar-refractivity contribution in [3.63, 3.8) is 0 Å². The van der Waals surface area contributed by atoms with Crippen LogP contribution in [0.3, 0.4) is 0 Å². The van der Waals surface area contributed by atoms with Gasteiger partial charge in [0.25, 0.3) is 0 Å². The highest BCUT2D eigenvalue weighted by molar-refractivity contribution is 7.98. The molecule has 3 aliphatic heterocycles. The SMILES string of the molecule is COc1ccc(S(=O)(=O)c2cnc3ccc(SC)cc3c2N2CCCN(Cc3cc(SC)cc4c(N5CCC(N6CCC(O)CC6)CC5)c(S(=O)(=O)c5ccc(OC)c(OC)c5)cnc34)CC2)cc1OC. The van der Waals surface area contributed by atoms with Gasteiger partial charge in [0.2, 0.25) is 19.7 Å². The fourth-order valence-corrected chi connectivity index (χ4v) is 14.2. The zero-order valence-corrected chi connectivity index (χ0v) is 44.4. The number of methoxy groups -OCH3 is 4. The number of sulfone groups is 2. The third-order valence-corrected chi connectivity index (χ3v) is 19.2. The number of thioether (sulfide) groups is 2. The van der Waals surface area contributed by atoms with Crippen LogP contribution in [-0.4, -0.2) is 147 Å². The van der Waals surface area contributed by atoms with Crippen LogP contribution < -0.4 is 28.7 Å². The molecule has 2 aromatic heterocycles. The number of fused-ring (bicyclic) bond motifs is 2. The van der Waals surface area contributed by atoms with E-state index in [4.69, 9.17) is 23.9 Å². The van der Waals surface area contributed by atoms with Crippen LogP contribution in [0.2, 0.25) is 0 Å². The van der Waals surface area contributed by atoms with E-state index in [2.05, 4.69) is 36.7 Å². The van der Waals surface area contributed by atoms with Gasteiger partial charge >= 0.3 is 0 Å². The number of nitrogens with zero attached hydrogens (tertiary/aromatic N) is 6. The maximum Gasteiger partial charge on any atom is 0.210 e. The van der Waals surface area contributed by atoms with Crippen molar-refractivity contribution in [1.29, 1.82) is 0 Å². The first-order chi connectivity index (χ1) is 34.3. The molecule has 71 heavy (non-hydrogen) atoms. The second kappa shape index (κ2) is 21.6. The largest absolute Gasteiger partial charge is 0.493 e. The minimum absolute atomic E-state index is 0.0780. The Balaban J connectivity index is 1.08. The summed E-state index contributed by atoms with van der Waals surface area (Å²) in [5.41, 5.74) is 3.69. The molecule has 19 heteroatoms. The van der Waals surface area contributed by atoms with Gasteiger partial charge in [-0.25, -0.2) is 16.8 Å². The average Bonchev–Trinajstić information content (AvgIpc) is 3.64. The van der Waals surface area contributed by atoms with Crippen LogP contribution in [0, 0.1) is 0 Å². The molecule has 0 amide bonds. The molecule has 0 aliphatic carbocycles. The molecule has 0 radical (unpaired) electrons. The van der Waals surface area contributed by atoms with Crippen molar-refractivity contribution in [1.82, 2.24) is 19.8 Å². The maximum atomic E-state index is 15.0. The Bertz CT molecular complexity index is 3150. The van der Waals surface area contributed by atoms with Crippen molar-refractivity contribution in [2.24, 2.45) is 0 Å². The fourth-order valence-electron chi connectivity index (χ4n) is 10.4. The minimum Gasteiger partial charge on any atom is -0.493 e. The predicted octanol–water partition coefficient (Wildman–Crippen LogP) is 8.06. The first-order valence-corrected chi connectivity index (χ1v) is 29.3. The van der Waals surface area contributed by atoms with Gasteiger partial charge in [0.1, 0.15) is 9.79 Å². The Hall–Kier alpha value is -5.02. The number of hydrogen-bond donors (Lipinski definition) is 1. The summed E-state index contributed by atoms with van der Waals surface area (Å²) in [7, 11) is -2.22. The van der Waals surface area contributed by atoms with Gasteiger partial charge in [-0.05, 0) is 105 Å². The molecule has 6 aromatic rings. The van der Waals surface area contributed by atoms with Gasteiger partial charge in [0.15, 0.2) is 23.0 Å². The van der Waals surface area contributed by atoms with Gasteiger partial charge in [-0.2, -0.15) is 0 Å². The topological polar surface area (TPSA) is 164 Å². The van der Waals surface area contributed by atoms with Crippen LogP contribution in [-0.2, 0) is 26.2 Å². The Morgan fingerprint density at radius 2 is 1.15 bits per heavy atom. The molecule has 0 atom stereocenters. The van der Waals surface area contributed by atoms with Gasteiger partial charge in [-0.15, -0.1) is 23.5 Å². The van der Waals surface area contributed by atoms with E-state index in [0.29, 0.717) is 85.2 Å². The molecule has 0 unspecified atom stereocenters. The molecule has 3 fully saturated rings. The Morgan fingerprint density at radius 1 is 0.592 bits per heavy atom. The van der Waals surface area contributed by atoms with E-state index in [1.807, 2.05) is 30.7 Å². The third-order valence-electron chi connectivity index (χ3n) is 14.2. The number of rotatable bonds is 15. The lowest BCUT2D eigenvalue weighted by molar-refractivity contribution is 0.0542. The second-order valence-electron chi connectivity index (χ2n) is 18.2. The van der Waals surface area contributed by atoms with Crippen LogP contribution in [0.25, 0.3) is 21.8 Å². The smallest absolute Gasteiger partial charge is 0.210 e. The third kappa shape index (κ3) is 10.2. The average molecular weight is 1040 g/mol. The predicted molar refractivity (Wildman–Crippen MR) is 281 cm³/mol. The molecule has 0 saturated carbocycles. The van der Waals surface area contributed by atoms with Crippen LogP contribution >= 0.6 is 23.5 Å². The summed E-state index contributed by atoms with van der Waals surface area (Å²) < 4.78 is 81.4. The Labute approximate surface area is 425 Å². The van der Waals surface area contributed by atoms with E-state index in [9.17, 15) is 21.9 Å². The number of likely N-dealkylation sites (tertiary alicyclic amines) is 1. The van der Waals surface area contributed by atoms with Gasteiger partial charge in [-0.3, -0.25) is 14.9 Å². The fraction of sp³-hybridized carbons (Fsp3) is 0.423. The van der Waals surface area contributed by atoms with Crippen molar-refractivity contribution in [3.05, 3.63) is 84.7 Å². The van der Waals surface area contributed by atoms with Crippen LogP contribution in [0.4, 0.5) is 11.4 Å². The lowest BCUT2D eigenvalue weighted by atomic mass is 9.98. The van der Waals surface area contributed by atoms with Crippen molar-refractivity contribution >= 4 is 76.4 Å². The molecule has 1 N–H and O–H groups in total. The van der Waals surface area contributed by atoms with Gasteiger partial charge < -0.3 is 38.8 Å². The summed E-state index contributed by atoms with van der Waals surface area (Å²) in [6.07, 6.45) is 10.8. The number of anilines is 2. The second-order valence-corrected chi connectivity index (χ2v) is 23.7. The molecule has 9 rings (SSSR count). The molecular weight excluding hydrogens is 981 g/mol. The van der Waals surface area contributed by atoms with E-state index >= 15 is 0 Å². The van der Waals surface area contributed by atoms with E-state index in [-0.39, 0.29) is 25.7 Å². The highest BCUT2D eigenvalue weighted by atomic mass is 32.2. The number of ether oxygens (including phenoxy) is 4. The zero-order valence-electron chi connectivity index (χ0n) is 41.1. The lowest BCUT2D eigenvalue weighted by Crippen LogP contribution is -2.48. The summed E-state index contributed by atoms with van der Waals surface area (Å²) in [4.78, 5) is 21.4. The van der Waals surface area contributed by atoms with Crippen molar-refractivity contribution < 1.29 is 40.9 Å². The summed E-state index contributed by atoms with van der Waals surface area (Å²) in [6.45, 7) is 6.06. The molecule has 4 aromatic carbocycles. The summed E-state index contributed by atoms with van der Waals surface area (Å²) in [5, 5.41) is 11.8. The van der Waals surface area contributed by atoms with E-state index < -0.39 is 19.7 Å². The number of aliphatic hydroxyl groups is 1. The minimum atomic E-state index is -4.13. The van der Waals surface area contributed by atoms with Gasteiger partial charge in [0, 0.05) is 110 Å². The Morgan fingerprint density at radius 3 is 1.75 bits per heavy atom. The molecule has 3 saturated heterocycles. The standard InChI is InChI=1S/C52H62N6O9S4/c1-64-44-12-9-39(29-46(44)66-3)70(60,61)48-31-53-43-11-8-37(68-5)27-41(43)51(48)57-19-7-18-55(24-25-57)33-34-26-38(69-6)28-42-50(34)54-32-49(71(62,63)40-10-13-45(65-2)47(30-40)67-4)52(42)58-20-14-35(15-21-58)56-22-16-36(59)17-23-56/h8-13,26-32,35-36,59H,7,14-25,33H2,1-6H3. The molecule has 0 bridgehead atoms. The number of piperidine rings is 2. The molecule has 378 valence electrons. The first kappa shape index (κ1) is 50.9. The summed E-state index contributed by atoms with van der Waals surface area (Å²) >= 11 is 3.20. The van der Waals surface area contributed by atoms with E-state index in [1.54, 1.807) is 47.8 Å². The number of aromatic nitrogens is 2. The van der Waals surface area contributed by atoms with Crippen molar-refractivity contribution in [2.75, 3.05) is 103 Å². The van der Waals surface area contributed by atoms with Crippen LogP contribution in [0.5, 0.6) is 23.0 Å². The number of aliphatic hydroxyl groups excluding tert-OH is 1. The summed E-state index contributed by atoms with van der Waals surface area (Å²) in [5.74, 6) is 1.49. The van der Waals surface area contributed by atoms with Crippen molar-refractivity contribution in [3.8, 4) is 23.0 Å². The van der Waals surface area contributed by atoms with E-state index in [1.165, 1.54) is 53.0 Å². The first-order valence-electron chi connectivity index (χ1n) is 23.9.